The Morgan fingerprint density at radius 3 is 2.24 bits per heavy atom. The number of rotatable bonds is 5. The SMILES string of the molecule is CC(C)c1ccc(NC(=O)CCc2ccc(F)cc2)cc1. The molecule has 0 heterocycles. The molecule has 3 heteroatoms. The third-order valence-corrected chi connectivity index (χ3v) is 3.42. The van der Waals surface area contributed by atoms with Crippen molar-refractivity contribution in [2.24, 2.45) is 0 Å². The first-order valence-corrected chi connectivity index (χ1v) is 7.19. The molecule has 0 aliphatic heterocycles. The van der Waals surface area contributed by atoms with Crippen LogP contribution in [0.25, 0.3) is 0 Å². The van der Waals surface area contributed by atoms with Crippen LogP contribution in [0.2, 0.25) is 0 Å². The Labute approximate surface area is 125 Å². The number of halogens is 1. The minimum atomic E-state index is -0.256. The summed E-state index contributed by atoms with van der Waals surface area (Å²) in [6.07, 6.45) is 0.994. The molecule has 0 radical (unpaired) electrons. The maximum Gasteiger partial charge on any atom is 0.224 e. The Morgan fingerprint density at radius 2 is 1.67 bits per heavy atom. The number of carbonyl (C=O) groups is 1. The Balaban J connectivity index is 1.85. The fourth-order valence-corrected chi connectivity index (χ4v) is 2.08. The summed E-state index contributed by atoms with van der Waals surface area (Å²) >= 11 is 0. The van der Waals surface area contributed by atoms with Crippen LogP contribution in [0.15, 0.2) is 48.5 Å². The molecule has 0 aliphatic rings. The van der Waals surface area contributed by atoms with Crippen molar-refractivity contribution in [3.8, 4) is 0 Å². The molecule has 2 aromatic rings. The highest BCUT2D eigenvalue weighted by atomic mass is 19.1. The number of anilines is 1. The van der Waals surface area contributed by atoms with Crippen molar-refractivity contribution in [2.75, 3.05) is 5.32 Å². The van der Waals surface area contributed by atoms with Gasteiger partial charge in [-0.2, -0.15) is 0 Å². The molecule has 1 N–H and O–H groups in total. The summed E-state index contributed by atoms with van der Waals surface area (Å²) in [5, 5.41) is 2.88. The van der Waals surface area contributed by atoms with Crippen LogP contribution in [0.5, 0.6) is 0 Å². The molecule has 0 bridgehead atoms. The van der Waals surface area contributed by atoms with Crippen LogP contribution in [0.3, 0.4) is 0 Å². The van der Waals surface area contributed by atoms with Crippen LogP contribution in [-0.2, 0) is 11.2 Å². The molecule has 1 amide bonds. The van der Waals surface area contributed by atoms with Crippen molar-refractivity contribution >= 4 is 11.6 Å². The predicted octanol–water partition coefficient (Wildman–Crippen LogP) is 4.52. The summed E-state index contributed by atoms with van der Waals surface area (Å²) < 4.78 is 12.8. The number of carbonyl (C=O) groups excluding carboxylic acids is 1. The Bertz CT molecular complexity index is 588. The lowest BCUT2D eigenvalue weighted by Gasteiger charge is -2.08. The van der Waals surface area contributed by atoms with Gasteiger partial charge in [-0.1, -0.05) is 38.1 Å². The highest BCUT2D eigenvalue weighted by molar-refractivity contribution is 5.90. The van der Waals surface area contributed by atoms with E-state index in [-0.39, 0.29) is 11.7 Å². The van der Waals surface area contributed by atoms with Crippen molar-refractivity contribution in [2.45, 2.75) is 32.6 Å². The van der Waals surface area contributed by atoms with Gasteiger partial charge in [0.2, 0.25) is 5.91 Å². The lowest BCUT2D eigenvalue weighted by Crippen LogP contribution is -2.12. The van der Waals surface area contributed by atoms with E-state index in [0.717, 1.165) is 11.3 Å². The first-order chi connectivity index (χ1) is 10.0. The van der Waals surface area contributed by atoms with Gasteiger partial charge in [0, 0.05) is 12.1 Å². The van der Waals surface area contributed by atoms with Crippen molar-refractivity contribution in [1.29, 1.82) is 0 Å². The second-order valence-corrected chi connectivity index (χ2v) is 5.45. The van der Waals surface area contributed by atoms with Gasteiger partial charge in [0.15, 0.2) is 0 Å². The summed E-state index contributed by atoms with van der Waals surface area (Å²) in [5.41, 5.74) is 3.02. The monoisotopic (exact) mass is 285 g/mol. The molecule has 0 saturated heterocycles. The van der Waals surface area contributed by atoms with E-state index in [1.807, 2.05) is 24.3 Å². The maximum atomic E-state index is 12.8. The number of nitrogens with one attached hydrogen (secondary N) is 1. The first kappa shape index (κ1) is 15.2. The molecule has 2 nitrogen and oxygen atoms in total. The molecular formula is C18H20FNO. The van der Waals surface area contributed by atoms with E-state index in [4.69, 9.17) is 0 Å². The van der Waals surface area contributed by atoms with Gasteiger partial charge < -0.3 is 5.32 Å². The lowest BCUT2D eigenvalue weighted by molar-refractivity contribution is -0.116. The number of benzene rings is 2. The average molecular weight is 285 g/mol. The van der Waals surface area contributed by atoms with Crippen LogP contribution in [0.1, 0.15) is 37.3 Å². The van der Waals surface area contributed by atoms with E-state index in [9.17, 15) is 9.18 Å². The zero-order valence-corrected chi connectivity index (χ0v) is 12.4. The second-order valence-electron chi connectivity index (χ2n) is 5.45. The molecule has 0 spiro atoms. The molecule has 2 rings (SSSR count). The largest absolute Gasteiger partial charge is 0.326 e. The molecule has 0 saturated carbocycles. The van der Waals surface area contributed by atoms with E-state index in [0.29, 0.717) is 18.8 Å². The minimum absolute atomic E-state index is 0.0309. The number of amides is 1. The van der Waals surface area contributed by atoms with Gasteiger partial charge >= 0.3 is 0 Å². The standard InChI is InChI=1S/C18H20FNO/c1-13(2)15-6-10-17(11-7-15)20-18(21)12-5-14-3-8-16(19)9-4-14/h3-4,6-11,13H,5,12H2,1-2H3,(H,20,21). The molecule has 21 heavy (non-hydrogen) atoms. The normalized spacial score (nSPS) is 10.7. The topological polar surface area (TPSA) is 29.1 Å². The Morgan fingerprint density at radius 1 is 1.05 bits per heavy atom. The molecular weight excluding hydrogens is 265 g/mol. The third kappa shape index (κ3) is 4.71. The van der Waals surface area contributed by atoms with Gasteiger partial charge in [0.05, 0.1) is 0 Å². The van der Waals surface area contributed by atoms with Crippen LogP contribution in [-0.4, -0.2) is 5.91 Å². The van der Waals surface area contributed by atoms with Gasteiger partial charge in [0.25, 0.3) is 0 Å². The Hall–Kier alpha value is -2.16. The molecule has 2 aromatic carbocycles. The van der Waals surface area contributed by atoms with Crippen molar-refractivity contribution in [3.63, 3.8) is 0 Å². The quantitative estimate of drug-likeness (QED) is 0.859. The summed E-state index contributed by atoms with van der Waals surface area (Å²) in [6, 6.07) is 14.1. The van der Waals surface area contributed by atoms with Crippen LogP contribution < -0.4 is 5.32 Å². The van der Waals surface area contributed by atoms with E-state index in [1.54, 1.807) is 12.1 Å². The van der Waals surface area contributed by atoms with Gasteiger partial charge in [-0.3, -0.25) is 4.79 Å². The van der Waals surface area contributed by atoms with E-state index < -0.39 is 0 Å². The van der Waals surface area contributed by atoms with Crippen LogP contribution >= 0.6 is 0 Å². The van der Waals surface area contributed by atoms with Gasteiger partial charge in [-0.05, 0) is 47.7 Å². The molecule has 110 valence electrons. The summed E-state index contributed by atoms with van der Waals surface area (Å²) in [5.74, 6) is 0.193. The highest BCUT2D eigenvalue weighted by Gasteiger charge is 2.04. The second kappa shape index (κ2) is 7.02. The summed E-state index contributed by atoms with van der Waals surface area (Å²) in [4.78, 5) is 11.9. The zero-order chi connectivity index (χ0) is 15.2. The van der Waals surface area contributed by atoms with Crippen LogP contribution in [0, 0.1) is 5.82 Å². The average Bonchev–Trinajstić information content (AvgIpc) is 2.47. The molecule has 0 fully saturated rings. The molecule has 0 aromatic heterocycles. The number of hydrogen-bond acceptors (Lipinski definition) is 1. The predicted molar refractivity (Wildman–Crippen MR) is 83.9 cm³/mol. The lowest BCUT2D eigenvalue weighted by atomic mass is 10.0. The first-order valence-electron chi connectivity index (χ1n) is 7.19. The smallest absolute Gasteiger partial charge is 0.224 e. The van der Waals surface area contributed by atoms with Crippen molar-refractivity contribution in [1.82, 2.24) is 0 Å². The van der Waals surface area contributed by atoms with Crippen LogP contribution in [0.4, 0.5) is 10.1 Å². The fourth-order valence-electron chi connectivity index (χ4n) is 2.08. The van der Waals surface area contributed by atoms with Crippen molar-refractivity contribution in [3.05, 3.63) is 65.5 Å². The number of aryl methyl sites for hydroxylation is 1. The highest BCUT2D eigenvalue weighted by Crippen LogP contribution is 2.17. The molecule has 0 aliphatic carbocycles. The number of hydrogen-bond donors (Lipinski definition) is 1. The van der Waals surface area contributed by atoms with Gasteiger partial charge in [-0.25, -0.2) is 4.39 Å². The molecule has 0 atom stereocenters. The van der Waals surface area contributed by atoms with E-state index in [1.165, 1.54) is 17.7 Å². The van der Waals surface area contributed by atoms with E-state index >= 15 is 0 Å². The van der Waals surface area contributed by atoms with Crippen molar-refractivity contribution < 1.29 is 9.18 Å². The molecule has 0 unspecified atom stereocenters. The minimum Gasteiger partial charge on any atom is -0.326 e. The summed E-state index contributed by atoms with van der Waals surface area (Å²) in [6.45, 7) is 4.27. The van der Waals surface area contributed by atoms with Gasteiger partial charge in [0.1, 0.15) is 5.82 Å². The van der Waals surface area contributed by atoms with Gasteiger partial charge in [-0.15, -0.1) is 0 Å². The Kier molecular flexibility index (Phi) is 5.09. The third-order valence-electron chi connectivity index (χ3n) is 3.42. The summed E-state index contributed by atoms with van der Waals surface area (Å²) in [7, 11) is 0. The fraction of sp³-hybridized carbons (Fsp3) is 0.278. The maximum absolute atomic E-state index is 12.8. The van der Waals surface area contributed by atoms with E-state index in [2.05, 4.69) is 19.2 Å². The zero-order valence-electron chi connectivity index (χ0n) is 12.4.